The molecule has 1 amide bonds. The molecule has 1 aromatic carbocycles. The number of guanidine groups is 1. The average Bonchev–Trinajstić information content (AvgIpc) is 2.93. The second-order valence-corrected chi connectivity index (χ2v) is 3.86. The zero-order chi connectivity index (χ0) is 12.7. The summed E-state index contributed by atoms with van der Waals surface area (Å²) in [4.78, 5) is 15.7. The van der Waals surface area contributed by atoms with Crippen LogP contribution in [0, 0.1) is 0 Å². The number of nitrogens with two attached hydrogens (primary N) is 1. The summed E-state index contributed by atoms with van der Waals surface area (Å²) >= 11 is 0. The molecule has 7 heteroatoms. The number of amides is 1. The Morgan fingerprint density at radius 3 is 3.00 bits per heavy atom. The third-order valence-electron chi connectivity index (χ3n) is 2.76. The van der Waals surface area contributed by atoms with Gasteiger partial charge < -0.3 is 19.9 Å². The number of methoxy groups -OCH3 is 1. The smallest absolute Gasteiger partial charge is 0.256 e. The van der Waals surface area contributed by atoms with Crippen LogP contribution in [0.15, 0.2) is 17.1 Å². The quantitative estimate of drug-likeness (QED) is 0.763. The summed E-state index contributed by atoms with van der Waals surface area (Å²) in [5.41, 5.74) is 6.11. The molecular weight excluding hydrogens is 238 g/mol. The molecule has 2 aliphatic rings. The Hall–Kier alpha value is -2.44. The lowest BCUT2D eigenvalue weighted by Gasteiger charge is -2.10. The maximum absolute atomic E-state index is 11.7. The topological polar surface area (TPSA) is 95.2 Å². The van der Waals surface area contributed by atoms with Gasteiger partial charge in [0.15, 0.2) is 23.5 Å². The molecular formula is C11H11N3O4. The highest BCUT2D eigenvalue weighted by molar-refractivity contribution is 6.04. The van der Waals surface area contributed by atoms with Crippen molar-refractivity contribution in [1.82, 2.24) is 5.32 Å². The molecule has 0 saturated carbocycles. The van der Waals surface area contributed by atoms with Crippen LogP contribution in [-0.4, -0.2) is 25.8 Å². The first-order valence-electron chi connectivity index (χ1n) is 5.30. The predicted octanol–water partition coefficient (Wildman–Crippen LogP) is -0.0905. The second-order valence-electron chi connectivity index (χ2n) is 3.86. The van der Waals surface area contributed by atoms with Crippen LogP contribution in [-0.2, 0) is 4.79 Å². The van der Waals surface area contributed by atoms with Crippen LogP contribution in [0.4, 0.5) is 0 Å². The number of aliphatic imine (C=N–C) groups is 1. The van der Waals surface area contributed by atoms with Gasteiger partial charge in [-0.3, -0.25) is 10.1 Å². The summed E-state index contributed by atoms with van der Waals surface area (Å²) in [5, 5.41) is 2.45. The number of nitrogens with zero attached hydrogens (tertiary/aromatic N) is 1. The molecule has 3 rings (SSSR count). The van der Waals surface area contributed by atoms with Crippen LogP contribution in [0.3, 0.4) is 0 Å². The van der Waals surface area contributed by atoms with Gasteiger partial charge in [0.2, 0.25) is 12.5 Å². The largest absolute Gasteiger partial charge is 0.493 e. The molecule has 1 atom stereocenters. The summed E-state index contributed by atoms with van der Waals surface area (Å²) in [7, 11) is 1.52. The van der Waals surface area contributed by atoms with Crippen LogP contribution < -0.4 is 25.3 Å². The number of carbonyl (C=O) groups is 1. The molecule has 0 spiro atoms. The van der Waals surface area contributed by atoms with E-state index in [2.05, 4.69) is 10.3 Å². The van der Waals surface area contributed by atoms with Crippen molar-refractivity contribution in [1.29, 1.82) is 0 Å². The molecule has 0 bridgehead atoms. The Labute approximate surface area is 103 Å². The number of hydrogen-bond acceptors (Lipinski definition) is 6. The molecule has 3 N–H and O–H groups in total. The van der Waals surface area contributed by atoms with E-state index in [1.807, 2.05) is 0 Å². The summed E-state index contributed by atoms with van der Waals surface area (Å²) in [6.45, 7) is 0.136. The van der Waals surface area contributed by atoms with Gasteiger partial charge in [-0.1, -0.05) is 0 Å². The zero-order valence-electron chi connectivity index (χ0n) is 9.60. The number of benzene rings is 1. The highest BCUT2D eigenvalue weighted by atomic mass is 16.7. The van der Waals surface area contributed by atoms with E-state index in [0.29, 0.717) is 22.8 Å². The molecule has 2 heterocycles. The average molecular weight is 249 g/mol. The van der Waals surface area contributed by atoms with Gasteiger partial charge in [-0.2, -0.15) is 0 Å². The van der Waals surface area contributed by atoms with E-state index >= 15 is 0 Å². The van der Waals surface area contributed by atoms with Gasteiger partial charge in [-0.05, 0) is 17.7 Å². The summed E-state index contributed by atoms with van der Waals surface area (Å²) in [6.07, 6.45) is 0. The van der Waals surface area contributed by atoms with Gasteiger partial charge in [0.1, 0.15) is 0 Å². The molecule has 94 valence electrons. The van der Waals surface area contributed by atoms with E-state index in [-0.39, 0.29) is 18.7 Å². The van der Waals surface area contributed by atoms with Gasteiger partial charge in [0.05, 0.1) is 7.11 Å². The minimum Gasteiger partial charge on any atom is -0.493 e. The van der Waals surface area contributed by atoms with Crippen LogP contribution >= 0.6 is 0 Å². The fraction of sp³-hybridized carbons (Fsp3) is 0.273. The molecule has 1 aromatic rings. The number of hydrogen-bond donors (Lipinski definition) is 2. The van der Waals surface area contributed by atoms with Crippen LogP contribution in [0.1, 0.15) is 11.6 Å². The summed E-state index contributed by atoms with van der Waals surface area (Å²) < 4.78 is 15.8. The zero-order valence-corrected chi connectivity index (χ0v) is 9.60. The van der Waals surface area contributed by atoms with E-state index in [4.69, 9.17) is 19.9 Å². The van der Waals surface area contributed by atoms with Gasteiger partial charge >= 0.3 is 0 Å². The van der Waals surface area contributed by atoms with Crippen molar-refractivity contribution < 1.29 is 19.0 Å². The number of rotatable bonds is 2. The standard InChI is InChI=1S/C11H11N3O4/c1-16-6-2-5(3-7-9(6)18-4-17-7)8-10(15)14-11(12)13-8/h2-3,8H,4H2,1H3,(H3,12,13,14,15). The van der Waals surface area contributed by atoms with Crippen molar-refractivity contribution >= 4 is 11.9 Å². The Morgan fingerprint density at radius 1 is 1.50 bits per heavy atom. The van der Waals surface area contributed by atoms with E-state index in [1.54, 1.807) is 12.1 Å². The first-order valence-corrected chi connectivity index (χ1v) is 5.30. The molecule has 7 nitrogen and oxygen atoms in total. The monoisotopic (exact) mass is 249 g/mol. The maximum Gasteiger partial charge on any atom is 0.256 e. The first kappa shape index (κ1) is 10.7. The normalized spacial score (nSPS) is 20.6. The first-order chi connectivity index (χ1) is 8.69. The van der Waals surface area contributed by atoms with Crippen molar-refractivity contribution in [2.75, 3.05) is 13.9 Å². The second kappa shape index (κ2) is 3.80. The Balaban J connectivity index is 2.06. The molecule has 1 unspecified atom stereocenters. The lowest BCUT2D eigenvalue weighted by atomic mass is 10.1. The fourth-order valence-corrected chi connectivity index (χ4v) is 1.96. The SMILES string of the molecule is COc1cc(C2N=C(N)NC2=O)cc2c1OCO2. The number of ether oxygens (including phenoxy) is 3. The van der Waals surface area contributed by atoms with Crippen LogP contribution in [0.25, 0.3) is 0 Å². The lowest BCUT2D eigenvalue weighted by molar-refractivity contribution is -0.120. The van der Waals surface area contributed by atoms with E-state index in [1.165, 1.54) is 7.11 Å². The fourth-order valence-electron chi connectivity index (χ4n) is 1.96. The molecule has 0 aromatic heterocycles. The van der Waals surface area contributed by atoms with Crippen molar-refractivity contribution in [2.24, 2.45) is 10.7 Å². The number of carbonyl (C=O) groups excluding carboxylic acids is 1. The molecule has 0 saturated heterocycles. The highest BCUT2D eigenvalue weighted by Gasteiger charge is 2.30. The minimum absolute atomic E-state index is 0.113. The Morgan fingerprint density at radius 2 is 2.33 bits per heavy atom. The van der Waals surface area contributed by atoms with E-state index in [0.717, 1.165) is 0 Å². The predicted molar refractivity (Wildman–Crippen MR) is 61.6 cm³/mol. The van der Waals surface area contributed by atoms with E-state index < -0.39 is 6.04 Å². The highest BCUT2D eigenvalue weighted by Crippen LogP contribution is 2.43. The molecule has 2 aliphatic heterocycles. The molecule has 0 aliphatic carbocycles. The lowest BCUT2D eigenvalue weighted by Crippen LogP contribution is -2.31. The van der Waals surface area contributed by atoms with Crippen molar-refractivity contribution in [3.8, 4) is 17.2 Å². The van der Waals surface area contributed by atoms with E-state index in [9.17, 15) is 4.79 Å². The Kier molecular flexibility index (Phi) is 2.26. The maximum atomic E-state index is 11.7. The van der Waals surface area contributed by atoms with Gasteiger partial charge in [0.25, 0.3) is 5.91 Å². The summed E-state index contributed by atoms with van der Waals surface area (Å²) in [6, 6.07) is 2.73. The van der Waals surface area contributed by atoms with Gasteiger partial charge in [-0.25, -0.2) is 4.99 Å². The van der Waals surface area contributed by atoms with Gasteiger partial charge in [-0.15, -0.1) is 0 Å². The minimum atomic E-state index is -0.673. The van der Waals surface area contributed by atoms with Crippen molar-refractivity contribution in [3.05, 3.63) is 17.7 Å². The third kappa shape index (κ3) is 1.52. The number of nitrogens with one attached hydrogen (secondary N) is 1. The van der Waals surface area contributed by atoms with Gasteiger partial charge in [0, 0.05) is 0 Å². The van der Waals surface area contributed by atoms with Crippen LogP contribution in [0.5, 0.6) is 17.2 Å². The van der Waals surface area contributed by atoms with Crippen molar-refractivity contribution in [2.45, 2.75) is 6.04 Å². The third-order valence-corrected chi connectivity index (χ3v) is 2.76. The van der Waals surface area contributed by atoms with Crippen molar-refractivity contribution in [3.63, 3.8) is 0 Å². The number of fused-ring (bicyclic) bond motifs is 1. The van der Waals surface area contributed by atoms with Crippen LogP contribution in [0.2, 0.25) is 0 Å². The molecule has 0 fully saturated rings. The molecule has 0 radical (unpaired) electrons. The summed E-state index contributed by atoms with van der Waals surface area (Å²) in [5.74, 6) is 1.43. The molecule has 18 heavy (non-hydrogen) atoms. The Bertz CT molecular complexity index is 555.